The van der Waals surface area contributed by atoms with Gasteiger partial charge in [0.15, 0.2) is 0 Å². The maximum Gasteiger partial charge on any atom is 0.0657 e. The minimum Gasteiger partial charge on any atom is -0.390 e. The SMILES string of the molecule is CCC[C@@](C)(O)CC[C@@H](C)[C@H]1CC[C@H]2[C@@H]3CC=C4C[C@@](C)(O)CC[C@]4(C)[C@H]3CC[C@]12C. The lowest BCUT2D eigenvalue weighted by Gasteiger charge is -2.59. The molecule has 2 nitrogen and oxygen atoms in total. The van der Waals surface area contributed by atoms with Gasteiger partial charge in [-0.15, -0.1) is 0 Å². The summed E-state index contributed by atoms with van der Waals surface area (Å²) in [7, 11) is 0. The van der Waals surface area contributed by atoms with Crippen molar-refractivity contribution in [2.75, 3.05) is 0 Å². The zero-order valence-electron chi connectivity index (χ0n) is 21.3. The van der Waals surface area contributed by atoms with Crippen molar-refractivity contribution < 1.29 is 10.2 Å². The highest BCUT2D eigenvalue weighted by molar-refractivity contribution is 5.26. The van der Waals surface area contributed by atoms with E-state index in [4.69, 9.17) is 0 Å². The topological polar surface area (TPSA) is 40.5 Å². The molecule has 0 aromatic carbocycles. The van der Waals surface area contributed by atoms with Crippen molar-refractivity contribution in [1.29, 1.82) is 0 Å². The lowest BCUT2D eigenvalue weighted by atomic mass is 9.46. The Labute approximate surface area is 192 Å². The number of hydrogen-bond donors (Lipinski definition) is 2. The van der Waals surface area contributed by atoms with E-state index >= 15 is 0 Å². The molecule has 0 radical (unpaired) electrons. The summed E-state index contributed by atoms with van der Waals surface area (Å²) >= 11 is 0. The molecule has 0 bridgehead atoms. The second-order valence-electron chi connectivity index (χ2n) is 13.4. The van der Waals surface area contributed by atoms with E-state index in [1.165, 1.54) is 44.9 Å². The highest BCUT2D eigenvalue weighted by Gasteiger charge is 2.59. The van der Waals surface area contributed by atoms with Crippen LogP contribution < -0.4 is 0 Å². The van der Waals surface area contributed by atoms with Gasteiger partial charge in [0.1, 0.15) is 0 Å². The van der Waals surface area contributed by atoms with Gasteiger partial charge in [-0.25, -0.2) is 0 Å². The summed E-state index contributed by atoms with van der Waals surface area (Å²) < 4.78 is 0. The van der Waals surface area contributed by atoms with Crippen LogP contribution >= 0.6 is 0 Å². The van der Waals surface area contributed by atoms with Gasteiger partial charge in [-0.2, -0.15) is 0 Å². The first kappa shape index (κ1) is 23.8. The van der Waals surface area contributed by atoms with Gasteiger partial charge in [-0.3, -0.25) is 0 Å². The summed E-state index contributed by atoms with van der Waals surface area (Å²) in [6.45, 7) is 13.9. The van der Waals surface area contributed by atoms with Crippen LogP contribution in [0.3, 0.4) is 0 Å². The fourth-order valence-corrected chi connectivity index (χ4v) is 9.18. The Morgan fingerprint density at radius 2 is 1.81 bits per heavy atom. The lowest BCUT2D eigenvalue weighted by molar-refractivity contribution is -0.0715. The fourth-order valence-electron chi connectivity index (χ4n) is 9.18. The molecule has 0 saturated heterocycles. The van der Waals surface area contributed by atoms with Gasteiger partial charge in [0.2, 0.25) is 0 Å². The Morgan fingerprint density at radius 1 is 1.06 bits per heavy atom. The van der Waals surface area contributed by atoms with Crippen molar-refractivity contribution in [3.05, 3.63) is 11.6 Å². The molecule has 178 valence electrons. The van der Waals surface area contributed by atoms with Crippen LogP contribution in [0.1, 0.15) is 119 Å². The van der Waals surface area contributed by atoms with E-state index in [9.17, 15) is 10.2 Å². The summed E-state index contributed by atoms with van der Waals surface area (Å²) in [5.41, 5.74) is 1.41. The average molecular weight is 431 g/mol. The second kappa shape index (κ2) is 8.15. The summed E-state index contributed by atoms with van der Waals surface area (Å²) in [4.78, 5) is 0. The van der Waals surface area contributed by atoms with Crippen molar-refractivity contribution in [1.82, 2.24) is 0 Å². The Balaban J connectivity index is 1.48. The van der Waals surface area contributed by atoms with Crippen LogP contribution in [-0.2, 0) is 0 Å². The maximum atomic E-state index is 10.7. The van der Waals surface area contributed by atoms with E-state index in [0.29, 0.717) is 16.7 Å². The summed E-state index contributed by atoms with van der Waals surface area (Å²) in [6.07, 6.45) is 16.5. The summed E-state index contributed by atoms with van der Waals surface area (Å²) in [5, 5.41) is 21.4. The monoisotopic (exact) mass is 430 g/mol. The number of allylic oxidation sites excluding steroid dienone is 1. The van der Waals surface area contributed by atoms with Gasteiger partial charge in [-0.05, 0) is 125 Å². The zero-order valence-corrected chi connectivity index (χ0v) is 21.3. The molecule has 0 aromatic heterocycles. The van der Waals surface area contributed by atoms with Crippen molar-refractivity contribution in [3.8, 4) is 0 Å². The maximum absolute atomic E-state index is 10.7. The molecule has 4 aliphatic rings. The average Bonchev–Trinajstić information content (AvgIpc) is 3.04. The van der Waals surface area contributed by atoms with E-state index in [-0.39, 0.29) is 0 Å². The number of fused-ring (bicyclic) bond motifs is 5. The quantitative estimate of drug-likeness (QED) is 0.434. The van der Waals surface area contributed by atoms with E-state index in [0.717, 1.165) is 55.8 Å². The van der Waals surface area contributed by atoms with Crippen LogP contribution in [-0.4, -0.2) is 21.4 Å². The first-order chi connectivity index (χ1) is 14.4. The highest BCUT2D eigenvalue weighted by atomic mass is 16.3. The molecule has 0 spiro atoms. The Kier molecular flexibility index (Phi) is 6.26. The van der Waals surface area contributed by atoms with E-state index in [1.54, 1.807) is 5.57 Å². The van der Waals surface area contributed by atoms with Gasteiger partial charge in [0, 0.05) is 0 Å². The highest BCUT2D eigenvalue weighted by Crippen LogP contribution is 2.67. The second-order valence-corrected chi connectivity index (χ2v) is 13.4. The smallest absolute Gasteiger partial charge is 0.0657 e. The van der Waals surface area contributed by atoms with Gasteiger partial charge >= 0.3 is 0 Å². The van der Waals surface area contributed by atoms with Crippen molar-refractivity contribution in [2.24, 2.45) is 40.4 Å². The van der Waals surface area contributed by atoms with Crippen LogP contribution in [0.15, 0.2) is 11.6 Å². The van der Waals surface area contributed by atoms with Gasteiger partial charge < -0.3 is 10.2 Å². The van der Waals surface area contributed by atoms with Crippen molar-refractivity contribution >= 4 is 0 Å². The minimum absolute atomic E-state index is 0.328. The van der Waals surface area contributed by atoms with Crippen molar-refractivity contribution in [2.45, 2.75) is 130 Å². The molecule has 4 rings (SSSR count). The third-order valence-corrected chi connectivity index (χ3v) is 11.1. The van der Waals surface area contributed by atoms with Gasteiger partial charge in [0.25, 0.3) is 0 Å². The first-order valence-electron chi connectivity index (χ1n) is 13.6. The van der Waals surface area contributed by atoms with Crippen LogP contribution in [0, 0.1) is 40.4 Å². The fraction of sp³-hybridized carbons (Fsp3) is 0.931. The van der Waals surface area contributed by atoms with Crippen LogP contribution in [0.2, 0.25) is 0 Å². The minimum atomic E-state index is -0.492. The van der Waals surface area contributed by atoms with Crippen LogP contribution in [0.5, 0.6) is 0 Å². The van der Waals surface area contributed by atoms with Crippen LogP contribution in [0.25, 0.3) is 0 Å². The Bertz CT molecular complexity index is 691. The first-order valence-corrected chi connectivity index (χ1v) is 13.6. The van der Waals surface area contributed by atoms with E-state index < -0.39 is 11.2 Å². The molecule has 9 atom stereocenters. The third kappa shape index (κ3) is 4.18. The van der Waals surface area contributed by atoms with Crippen molar-refractivity contribution in [3.63, 3.8) is 0 Å². The molecule has 0 aliphatic heterocycles. The molecule has 3 fully saturated rings. The molecule has 31 heavy (non-hydrogen) atoms. The Morgan fingerprint density at radius 3 is 2.52 bits per heavy atom. The number of rotatable bonds is 6. The van der Waals surface area contributed by atoms with Gasteiger partial charge in [-0.1, -0.05) is 45.8 Å². The molecular weight excluding hydrogens is 380 g/mol. The zero-order chi connectivity index (χ0) is 22.7. The van der Waals surface area contributed by atoms with Crippen LogP contribution in [0.4, 0.5) is 0 Å². The molecule has 0 amide bonds. The summed E-state index contributed by atoms with van der Waals surface area (Å²) in [6, 6.07) is 0. The van der Waals surface area contributed by atoms with E-state index in [2.05, 4.69) is 33.8 Å². The largest absolute Gasteiger partial charge is 0.390 e. The molecule has 0 aromatic rings. The molecule has 0 unspecified atom stereocenters. The molecule has 2 heteroatoms. The predicted octanol–water partition coefficient (Wildman–Crippen LogP) is 7.28. The lowest BCUT2D eigenvalue weighted by Crippen LogP contribution is -2.52. The standard InChI is InChI=1S/C29H50O2/c1-7-14-26(3,30)15-12-20(2)23-10-11-24-22-9-8-21-19-27(4,31)17-18-28(21,5)25(22)13-16-29(23,24)6/h8,20,22-25,30-31H,7,9-19H2,1-6H3/t20-,22+,23-,24+,25+,26-,27+,28+,29-/m1/s1. The number of aliphatic hydroxyl groups is 2. The summed E-state index contributed by atoms with van der Waals surface area (Å²) in [5.74, 6) is 4.06. The predicted molar refractivity (Wildman–Crippen MR) is 130 cm³/mol. The van der Waals surface area contributed by atoms with Gasteiger partial charge in [0.05, 0.1) is 11.2 Å². The molecule has 3 saturated carbocycles. The molecule has 0 heterocycles. The third-order valence-electron chi connectivity index (χ3n) is 11.1. The molecule has 4 aliphatic carbocycles. The Hall–Kier alpha value is -0.340. The molecule has 2 N–H and O–H groups in total. The van der Waals surface area contributed by atoms with E-state index in [1.807, 2.05) is 13.8 Å². The number of hydrogen-bond acceptors (Lipinski definition) is 2. The normalized spacial score (nSPS) is 47.5. The molecular formula is C29H50O2.